The highest BCUT2D eigenvalue weighted by atomic mass is 32.2. The number of nitrogens with one attached hydrogen (secondary N) is 1. The van der Waals surface area contributed by atoms with Crippen molar-refractivity contribution in [3.63, 3.8) is 0 Å². The minimum Gasteiger partial charge on any atom is -0.317 e. The molecule has 4 nitrogen and oxygen atoms in total. The average molecular weight is 276 g/mol. The predicted molar refractivity (Wildman–Crippen MR) is 76.2 cm³/mol. The topological polar surface area (TPSA) is 49.4 Å². The number of sulfonamides is 1. The zero-order chi connectivity index (χ0) is 13.4. The van der Waals surface area contributed by atoms with E-state index in [9.17, 15) is 8.42 Å². The van der Waals surface area contributed by atoms with Crippen molar-refractivity contribution >= 4 is 10.0 Å². The lowest BCUT2D eigenvalue weighted by Gasteiger charge is -2.34. The fourth-order valence-corrected chi connectivity index (χ4v) is 4.45. The van der Waals surface area contributed by atoms with Crippen molar-refractivity contribution in [1.29, 1.82) is 0 Å². The lowest BCUT2D eigenvalue weighted by Crippen LogP contribution is -2.44. The Bertz CT molecular complexity index is 315. The SMILES string of the molecule is CCCC1CCCCN1S(=O)(=O)CCCNCC. The van der Waals surface area contributed by atoms with Crippen LogP contribution in [-0.4, -0.2) is 44.2 Å². The van der Waals surface area contributed by atoms with Gasteiger partial charge in [-0.2, -0.15) is 4.31 Å². The molecule has 1 N–H and O–H groups in total. The largest absolute Gasteiger partial charge is 0.317 e. The van der Waals surface area contributed by atoms with Crippen molar-refractivity contribution < 1.29 is 8.42 Å². The number of hydrogen-bond donors (Lipinski definition) is 1. The molecule has 0 spiro atoms. The molecule has 5 heteroatoms. The van der Waals surface area contributed by atoms with Crippen molar-refractivity contribution in [3.05, 3.63) is 0 Å². The number of hydrogen-bond acceptors (Lipinski definition) is 3. The first kappa shape index (κ1) is 15.9. The highest BCUT2D eigenvalue weighted by Gasteiger charge is 2.30. The van der Waals surface area contributed by atoms with E-state index in [1.54, 1.807) is 4.31 Å². The van der Waals surface area contributed by atoms with Crippen molar-refractivity contribution in [2.45, 2.75) is 58.4 Å². The Morgan fingerprint density at radius 3 is 2.72 bits per heavy atom. The average Bonchev–Trinajstić information content (AvgIpc) is 2.36. The van der Waals surface area contributed by atoms with Crippen LogP contribution in [0.25, 0.3) is 0 Å². The number of rotatable bonds is 8. The molecule has 1 rings (SSSR count). The first-order chi connectivity index (χ1) is 8.61. The minimum absolute atomic E-state index is 0.257. The Kier molecular flexibility index (Phi) is 7.19. The molecule has 1 atom stereocenters. The van der Waals surface area contributed by atoms with Crippen molar-refractivity contribution in [1.82, 2.24) is 9.62 Å². The molecule has 0 aromatic heterocycles. The molecule has 1 aliphatic heterocycles. The van der Waals surface area contributed by atoms with E-state index in [0.29, 0.717) is 12.2 Å². The van der Waals surface area contributed by atoms with E-state index in [1.165, 1.54) is 6.42 Å². The van der Waals surface area contributed by atoms with Crippen molar-refractivity contribution in [3.8, 4) is 0 Å². The molecule has 18 heavy (non-hydrogen) atoms. The van der Waals surface area contributed by atoms with E-state index < -0.39 is 10.0 Å². The maximum absolute atomic E-state index is 12.3. The quantitative estimate of drug-likeness (QED) is 0.690. The summed E-state index contributed by atoms with van der Waals surface area (Å²) < 4.78 is 26.4. The second-order valence-corrected chi connectivity index (χ2v) is 7.11. The maximum atomic E-state index is 12.3. The van der Waals surface area contributed by atoms with Crippen LogP contribution in [0.2, 0.25) is 0 Å². The van der Waals surface area contributed by atoms with E-state index in [-0.39, 0.29) is 6.04 Å². The van der Waals surface area contributed by atoms with Crippen LogP contribution in [0.4, 0.5) is 0 Å². The van der Waals surface area contributed by atoms with E-state index in [2.05, 4.69) is 12.2 Å². The van der Waals surface area contributed by atoms with Gasteiger partial charge in [-0.15, -0.1) is 0 Å². The molecule has 1 saturated heterocycles. The first-order valence-electron chi connectivity index (χ1n) is 7.32. The Labute approximate surface area is 112 Å². The van der Waals surface area contributed by atoms with Gasteiger partial charge in [-0.05, 0) is 38.8 Å². The fraction of sp³-hybridized carbons (Fsp3) is 1.00. The summed E-state index contributed by atoms with van der Waals surface area (Å²) in [4.78, 5) is 0. The molecule has 1 fully saturated rings. The summed E-state index contributed by atoms with van der Waals surface area (Å²) in [6.45, 7) is 6.60. The van der Waals surface area contributed by atoms with Crippen LogP contribution in [0.5, 0.6) is 0 Å². The standard InChI is InChI=1S/C13H28N2O2S/c1-3-8-13-9-5-6-11-15(13)18(16,17)12-7-10-14-4-2/h13-14H,3-12H2,1-2H3. The van der Waals surface area contributed by atoms with Gasteiger partial charge in [0.05, 0.1) is 5.75 Å². The molecule has 0 amide bonds. The van der Waals surface area contributed by atoms with Crippen LogP contribution in [0.3, 0.4) is 0 Å². The summed E-state index contributed by atoms with van der Waals surface area (Å²) in [6, 6.07) is 0.257. The molecular formula is C13H28N2O2S. The fourth-order valence-electron chi connectivity index (χ4n) is 2.64. The van der Waals surface area contributed by atoms with Crippen LogP contribution < -0.4 is 5.32 Å². The van der Waals surface area contributed by atoms with Crippen LogP contribution in [-0.2, 0) is 10.0 Å². The molecule has 108 valence electrons. The molecule has 0 aromatic carbocycles. The normalized spacial score (nSPS) is 22.2. The maximum Gasteiger partial charge on any atom is 0.214 e. The molecule has 0 bridgehead atoms. The summed E-state index contributed by atoms with van der Waals surface area (Å²) in [6.07, 6.45) is 6.02. The van der Waals surface area contributed by atoms with E-state index in [4.69, 9.17) is 0 Å². The molecule has 1 aliphatic rings. The van der Waals surface area contributed by atoms with E-state index >= 15 is 0 Å². The summed E-state index contributed by atoms with van der Waals surface area (Å²) in [7, 11) is -3.04. The lowest BCUT2D eigenvalue weighted by atomic mass is 10.0. The Morgan fingerprint density at radius 2 is 2.06 bits per heavy atom. The van der Waals surface area contributed by atoms with Crippen molar-refractivity contribution in [2.24, 2.45) is 0 Å². The second-order valence-electron chi connectivity index (χ2n) is 5.07. The molecule has 0 aliphatic carbocycles. The van der Waals surface area contributed by atoms with Crippen molar-refractivity contribution in [2.75, 3.05) is 25.4 Å². The molecular weight excluding hydrogens is 248 g/mol. The summed E-state index contributed by atoms with van der Waals surface area (Å²) >= 11 is 0. The third kappa shape index (κ3) is 4.86. The van der Waals surface area contributed by atoms with Crippen LogP contribution >= 0.6 is 0 Å². The Hall–Kier alpha value is -0.130. The lowest BCUT2D eigenvalue weighted by molar-refractivity contribution is 0.239. The third-order valence-electron chi connectivity index (χ3n) is 3.56. The first-order valence-corrected chi connectivity index (χ1v) is 8.93. The van der Waals surface area contributed by atoms with Gasteiger partial charge in [-0.1, -0.05) is 26.7 Å². The van der Waals surface area contributed by atoms with Gasteiger partial charge in [0.15, 0.2) is 0 Å². The molecule has 0 radical (unpaired) electrons. The monoisotopic (exact) mass is 276 g/mol. The van der Waals surface area contributed by atoms with Gasteiger partial charge >= 0.3 is 0 Å². The zero-order valence-electron chi connectivity index (χ0n) is 11.8. The summed E-state index contributed by atoms with van der Waals surface area (Å²) in [5.74, 6) is 0.292. The third-order valence-corrected chi connectivity index (χ3v) is 5.56. The van der Waals surface area contributed by atoms with E-state index in [1.807, 2.05) is 6.92 Å². The van der Waals surface area contributed by atoms with Gasteiger partial charge in [0.25, 0.3) is 0 Å². The molecule has 0 saturated carbocycles. The van der Waals surface area contributed by atoms with Gasteiger partial charge in [-0.25, -0.2) is 8.42 Å². The zero-order valence-corrected chi connectivity index (χ0v) is 12.6. The Balaban J connectivity index is 2.52. The van der Waals surface area contributed by atoms with E-state index in [0.717, 1.165) is 45.3 Å². The smallest absolute Gasteiger partial charge is 0.214 e. The van der Waals surface area contributed by atoms with Gasteiger partial charge < -0.3 is 5.32 Å². The van der Waals surface area contributed by atoms with Gasteiger partial charge in [0.1, 0.15) is 0 Å². The van der Waals surface area contributed by atoms with Gasteiger partial charge in [0.2, 0.25) is 10.0 Å². The predicted octanol–water partition coefficient (Wildman–Crippen LogP) is 1.97. The molecule has 1 heterocycles. The number of piperidine rings is 1. The highest BCUT2D eigenvalue weighted by molar-refractivity contribution is 7.89. The highest BCUT2D eigenvalue weighted by Crippen LogP contribution is 2.24. The second kappa shape index (κ2) is 8.12. The minimum atomic E-state index is -3.04. The molecule has 0 aromatic rings. The Morgan fingerprint density at radius 1 is 1.28 bits per heavy atom. The van der Waals surface area contributed by atoms with Crippen LogP contribution in [0, 0.1) is 0 Å². The number of nitrogens with zero attached hydrogens (tertiary/aromatic N) is 1. The summed E-state index contributed by atoms with van der Waals surface area (Å²) in [5.41, 5.74) is 0. The van der Waals surface area contributed by atoms with Crippen LogP contribution in [0.15, 0.2) is 0 Å². The molecule has 1 unspecified atom stereocenters. The summed E-state index contributed by atoms with van der Waals surface area (Å²) in [5, 5.41) is 3.18. The van der Waals surface area contributed by atoms with Crippen LogP contribution in [0.1, 0.15) is 52.4 Å². The van der Waals surface area contributed by atoms with Gasteiger partial charge in [0, 0.05) is 12.6 Å². The van der Waals surface area contributed by atoms with Gasteiger partial charge in [-0.3, -0.25) is 0 Å².